The fourth-order valence-corrected chi connectivity index (χ4v) is 3.19. The van der Waals surface area contributed by atoms with E-state index in [1.54, 1.807) is 0 Å². The number of nitrogens with two attached hydrogens (primary N) is 1. The molecular weight excluding hydrogens is 336 g/mol. The normalized spacial score (nSPS) is 10.7. The summed E-state index contributed by atoms with van der Waals surface area (Å²) < 4.78 is 0.769. The van der Waals surface area contributed by atoms with Gasteiger partial charge in [-0.15, -0.1) is 11.3 Å². The highest BCUT2D eigenvalue weighted by atomic mass is 35.5. The molecule has 0 unspecified atom stereocenters. The molecule has 0 bridgehead atoms. The molecule has 1 aromatic heterocycles. The minimum absolute atomic E-state index is 0.220. The van der Waals surface area contributed by atoms with E-state index in [9.17, 15) is 4.79 Å². The first kappa shape index (κ1) is 14.0. The average Bonchev–Trinajstić information content (AvgIpc) is 2.63. The van der Waals surface area contributed by atoms with Crippen molar-refractivity contribution >= 4 is 69.2 Å². The lowest BCUT2D eigenvalue weighted by molar-refractivity contribution is 0.103. The first-order chi connectivity index (χ1) is 8.40. The van der Waals surface area contributed by atoms with Crippen LogP contribution in [0.15, 0.2) is 18.2 Å². The van der Waals surface area contributed by atoms with Gasteiger partial charge >= 0.3 is 0 Å². The van der Waals surface area contributed by atoms with E-state index in [0.29, 0.717) is 19.8 Å². The number of rotatable bonds is 2. The predicted octanol–water partition coefficient (Wildman–Crippen LogP) is 5.17. The molecule has 0 fully saturated rings. The van der Waals surface area contributed by atoms with Crippen molar-refractivity contribution in [2.45, 2.75) is 0 Å². The Morgan fingerprint density at radius 3 is 2.28 bits per heavy atom. The van der Waals surface area contributed by atoms with Gasteiger partial charge < -0.3 is 5.73 Å². The summed E-state index contributed by atoms with van der Waals surface area (Å²) in [5.41, 5.74) is 6.54. The summed E-state index contributed by atoms with van der Waals surface area (Å²) in [6.07, 6.45) is 0. The van der Waals surface area contributed by atoms with Crippen LogP contribution >= 0.6 is 57.7 Å². The molecule has 2 aromatic rings. The summed E-state index contributed by atoms with van der Waals surface area (Å²) in [4.78, 5) is 12.2. The van der Waals surface area contributed by atoms with Gasteiger partial charge in [-0.1, -0.05) is 46.4 Å². The Morgan fingerprint density at radius 1 is 1.11 bits per heavy atom. The molecule has 0 spiro atoms. The van der Waals surface area contributed by atoms with Gasteiger partial charge in [-0.25, -0.2) is 0 Å². The molecular formula is C11H5Cl4NOS. The molecule has 0 aliphatic carbocycles. The fraction of sp³-hybridized carbons (Fsp3) is 0. The van der Waals surface area contributed by atoms with E-state index < -0.39 is 0 Å². The standard InChI is InChI=1S/C11H5Cl4NOS/c12-6-1-4(2-7(16)9(6)14)10(17)5-3-8(13)18-11(5)15/h1-3H,16H2. The molecule has 1 aromatic carbocycles. The lowest BCUT2D eigenvalue weighted by atomic mass is 10.1. The van der Waals surface area contributed by atoms with Gasteiger partial charge in [-0.2, -0.15) is 0 Å². The molecule has 0 aliphatic rings. The Bertz CT molecular complexity index is 615. The molecule has 0 aliphatic heterocycles. The zero-order valence-electron chi connectivity index (χ0n) is 8.64. The topological polar surface area (TPSA) is 43.1 Å². The van der Waals surface area contributed by atoms with Crippen molar-refractivity contribution in [2.75, 3.05) is 5.73 Å². The van der Waals surface area contributed by atoms with Gasteiger partial charge in [-0.05, 0) is 18.2 Å². The van der Waals surface area contributed by atoms with Crippen molar-refractivity contribution in [1.82, 2.24) is 0 Å². The first-order valence-corrected chi connectivity index (χ1v) is 6.97. The van der Waals surface area contributed by atoms with Crippen LogP contribution in [0.2, 0.25) is 18.7 Å². The summed E-state index contributed by atoms with van der Waals surface area (Å²) in [5.74, 6) is -0.298. The van der Waals surface area contributed by atoms with E-state index in [-0.39, 0.29) is 21.5 Å². The summed E-state index contributed by atoms with van der Waals surface area (Å²) >= 11 is 24.5. The molecule has 0 amide bonds. The molecule has 0 saturated carbocycles. The highest BCUT2D eigenvalue weighted by molar-refractivity contribution is 7.20. The van der Waals surface area contributed by atoms with Gasteiger partial charge in [0.25, 0.3) is 0 Å². The highest BCUT2D eigenvalue weighted by Gasteiger charge is 2.18. The second-order valence-corrected chi connectivity index (χ2v) is 6.50. The van der Waals surface area contributed by atoms with E-state index in [2.05, 4.69) is 0 Å². The van der Waals surface area contributed by atoms with Crippen LogP contribution in [-0.4, -0.2) is 5.78 Å². The molecule has 0 radical (unpaired) electrons. The quantitative estimate of drug-likeness (QED) is 0.605. The van der Waals surface area contributed by atoms with E-state index in [1.165, 1.54) is 18.2 Å². The third-order valence-electron chi connectivity index (χ3n) is 2.22. The van der Waals surface area contributed by atoms with Crippen molar-refractivity contribution in [3.05, 3.63) is 48.0 Å². The van der Waals surface area contributed by atoms with Gasteiger partial charge in [0, 0.05) is 5.56 Å². The number of nitrogen functional groups attached to an aromatic ring is 1. The zero-order valence-corrected chi connectivity index (χ0v) is 12.5. The maximum Gasteiger partial charge on any atom is 0.195 e. The summed E-state index contributed by atoms with van der Waals surface area (Å²) in [6.45, 7) is 0. The Kier molecular flexibility index (Phi) is 4.09. The Morgan fingerprint density at radius 2 is 1.78 bits per heavy atom. The number of carbonyl (C=O) groups excluding carboxylic acids is 1. The maximum atomic E-state index is 12.2. The molecule has 2 rings (SSSR count). The number of hydrogen-bond acceptors (Lipinski definition) is 3. The molecule has 2 N–H and O–H groups in total. The van der Waals surface area contributed by atoms with E-state index in [4.69, 9.17) is 52.1 Å². The van der Waals surface area contributed by atoms with Gasteiger partial charge in [0.2, 0.25) is 0 Å². The van der Waals surface area contributed by atoms with Crippen LogP contribution in [0.3, 0.4) is 0 Å². The van der Waals surface area contributed by atoms with Crippen molar-refractivity contribution in [2.24, 2.45) is 0 Å². The van der Waals surface area contributed by atoms with Gasteiger partial charge in [-0.3, -0.25) is 4.79 Å². The predicted molar refractivity (Wildman–Crippen MR) is 78.6 cm³/mol. The molecule has 94 valence electrons. The smallest absolute Gasteiger partial charge is 0.195 e. The fourth-order valence-electron chi connectivity index (χ4n) is 1.39. The third-order valence-corrected chi connectivity index (χ3v) is 4.52. The lowest BCUT2D eigenvalue weighted by Crippen LogP contribution is -2.02. The SMILES string of the molecule is Nc1cc(C(=O)c2cc(Cl)sc2Cl)cc(Cl)c1Cl. The number of anilines is 1. The van der Waals surface area contributed by atoms with Crippen LogP contribution in [0.4, 0.5) is 5.69 Å². The number of halogens is 4. The minimum atomic E-state index is -0.298. The Labute approximate surface area is 127 Å². The Balaban J connectivity index is 2.50. The molecule has 2 nitrogen and oxygen atoms in total. The number of carbonyl (C=O) groups is 1. The maximum absolute atomic E-state index is 12.2. The number of benzene rings is 1. The second-order valence-electron chi connectivity index (χ2n) is 3.43. The largest absolute Gasteiger partial charge is 0.397 e. The van der Waals surface area contributed by atoms with Gasteiger partial charge in [0.15, 0.2) is 5.78 Å². The molecule has 1 heterocycles. The van der Waals surface area contributed by atoms with Crippen LogP contribution in [-0.2, 0) is 0 Å². The monoisotopic (exact) mass is 339 g/mol. The van der Waals surface area contributed by atoms with Crippen molar-refractivity contribution in [3.63, 3.8) is 0 Å². The zero-order chi connectivity index (χ0) is 13.4. The van der Waals surface area contributed by atoms with E-state index in [1.807, 2.05) is 0 Å². The average molecular weight is 341 g/mol. The van der Waals surface area contributed by atoms with Crippen LogP contribution < -0.4 is 5.73 Å². The molecule has 0 atom stereocenters. The third kappa shape index (κ3) is 2.60. The lowest BCUT2D eigenvalue weighted by Gasteiger charge is -2.05. The van der Waals surface area contributed by atoms with Crippen LogP contribution in [0.1, 0.15) is 15.9 Å². The summed E-state index contributed by atoms with van der Waals surface area (Å²) in [5, 5.41) is 0.445. The summed E-state index contributed by atoms with van der Waals surface area (Å²) in [7, 11) is 0. The van der Waals surface area contributed by atoms with Crippen molar-refractivity contribution in [1.29, 1.82) is 0 Å². The highest BCUT2D eigenvalue weighted by Crippen LogP contribution is 2.35. The van der Waals surface area contributed by atoms with Crippen molar-refractivity contribution in [3.8, 4) is 0 Å². The Hall–Kier alpha value is -0.450. The van der Waals surface area contributed by atoms with Crippen molar-refractivity contribution < 1.29 is 4.79 Å². The first-order valence-electron chi connectivity index (χ1n) is 4.64. The second kappa shape index (κ2) is 5.27. The number of thiophene rings is 1. The summed E-state index contributed by atoms with van der Waals surface area (Å²) in [6, 6.07) is 4.42. The molecule has 0 saturated heterocycles. The van der Waals surface area contributed by atoms with Crippen LogP contribution in [0.5, 0.6) is 0 Å². The molecule has 18 heavy (non-hydrogen) atoms. The van der Waals surface area contributed by atoms with Gasteiger partial charge in [0.05, 0.1) is 25.6 Å². The van der Waals surface area contributed by atoms with Gasteiger partial charge in [0.1, 0.15) is 4.34 Å². The van der Waals surface area contributed by atoms with Crippen LogP contribution in [0.25, 0.3) is 0 Å². The van der Waals surface area contributed by atoms with E-state index in [0.717, 1.165) is 11.3 Å². The number of ketones is 1. The molecule has 7 heteroatoms. The van der Waals surface area contributed by atoms with Crippen LogP contribution in [0, 0.1) is 0 Å². The number of hydrogen-bond donors (Lipinski definition) is 1. The minimum Gasteiger partial charge on any atom is -0.397 e. The van der Waals surface area contributed by atoms with E-state index >= 15 is 0 Å².